The first-order valence-corrected chi connectivity index (χ1v) is 8.29. The minimum atomic E-state index is -3.82. The van der Waals surface area contributed by atoms with Gasteiger partial charge in [0.05, 0.1) is 9.92 Å². The van der Waals surface area contributed by atoms with Crippen LogP contribution in [0.25, 0.3) is 0 Å². The van der Waals surface area contributed by atoms with Gasteiger partial charge in [-0.1, -0.05) is 24.9 Å². The molecule has 1 rings (SSSR count). The van der Waals surface area contributed by atoms with E-state index in [4.69, 9.17) is 17.3 Å². The van der Waals surface area contributed by atoms with Crippen LogP contribution in [0.1, 0.15) is 26.7 Å². The fourth-order valence-corrected chi connectivity index (χ4v) is 3.46. The SMILES string of the molecule is CCCCNC(=O)C(C)S(=O)(=O)c1ccc(N)cc1Cl. The van der Waals surface area contributed by atoms with Crippen LogP contribution in [0.15, 0.2) is 23.1 Å². The first-order chi connectivity index (χ1) is 9.30. The number of carbonyl (C=O) groups excluding carboxylic acids is 1. The van der Waals surface area contributed by atoms with E-state index in [1.165, 1.54) is 25.1 Å². The van der Waals surface area contributed by atoms with Crippen molar-refractivity contribution in [1.29, 1.82) is 0 Å². The molecule has 0 bridgehead atoms. The number of benzene rings is 1. The van der Waals surface area contributed by atoms with E-state index in [9.17, 15) is 13.2 Å². The van der Waals surface area contributed by atoms with Gasteiger partial charge < -0.3 is 11.1 Å². The number of halogens is 1. The second kappa shape index (κ2) is 6.95. The zero-order valence-corrected chi connectivity index (χ0v) is 13.1. The number of sulfone groups is 1. The number of amides is 1. The molecule has 7 heteroatoms. The number of nitrogens with two attached hydrogens (primary N) is 1. The molecule has 0 saturated carbocycles. The number of rotatable bonds is 6. The van der Waals surface area contributed by atoms with Crippen LogP contribution in [0.3, 0.4) is 0 Å². The summed E-state index contributed by atoms with van der Waals surface area (Å²) in [4.78, 5) is 11.8. The Bertz CT molecular complexity index is 587. The van der Waals surface area contributed by atoms with Crippen molar-refractivity contribution in [1.82, 2.24) is 5.32 Å². The summed E-state index contributed by atoms with van der Waals surface area (Å²) in [5, 5.41) is 1.44. The highest BCUT2D eigenvalue weighted by Crippen LogP contribution is 2.26. The van der Waals surface area contributed by atoms with Crippen molar-refractivity contribution in [2.75, 3.05) is 12.3 Å². The lowest BCUT2D eigenvalue weighted by Crippen LogP contribution is -2.38. The highest BCUT2D eigenvalue weighted by atomic mass is 35.5. The Morgan fingerprint density at radius 1 is 1.45 bits per heavy atom. The lowest BCUT2D eigenvalue weighted by atomic mass is 10.3. The molecule has 1 aromatic carbocycles. The van der Waals surface area contributed by atoms with Crippen molar-refractivity contribution >= 4 is 33.0 Å². The molecule has 0 aliphatic heterocycles. The number of hydrogen-bond donors (Lipinski definition) is 2. The van der Waals surface area contributed by atoms with E-state index in [-0.39, 0.29) is 9.92 Å². The van der Waals surface area contributed by atoms with E-state index in [1.807, 2.05) is 6.92 Å². The Hall–Kier alpha value is -1.27. The molecule has 0 radical (unpaired) electrons. The molecular formula is C13H19ClN2O3S. The quantitative estimate of drug-likeness (QED) is 0.620. The lowest BCUT2D eigenvalue weighted by Gasteiger charge is -2.14. The van der Waals surface area contributed by atoms with Crippen LogP contribution in [-0.4, -0.2) is 26.1 Å². The first-order valence-electron chi connectivity index (χ1n) is 6.37. The topological polar surface area (TPSA) is 89.3 Å². The van der Waals surface area contributed by atoms with E-state index < -0.39 is 21.0 Å². The minimum Gasteiger partial charge on any atom is -0.399 e. The third kappa shape index (κ3) is 3.86. The Labute approximate surface area is 124 Å². The third-order valence-corrected chi connectivity index (χ3v) is 5.47. The maximum Gasteiger partial charge on any atom is 0.238 e. The molecule has 3 N–H and O–H groups in total. The van der Waals surface area contributed by atoms with Crippen molar-refractivity contribution in [3.05, 3.63) is 23.2 Å². The lowest BCUT2D eigenvalue weighted by molar-refractivity contribution is -0.120. The monoisotopic (exact) mass is 318 g/mol. The van der Waals surface area contributed by atoms with E-state index >= 15 is 0 Å². The Balaban J connectivity index is 2.95. The maximum atomic E-state index is 12.4. The second-order valence-corrected chi connectivity index (χ2v) is 7.17. The average molecular weight is 319 g/mol. The molecule has 0 aliphatic rings. The van der Waals surface area contributed by atoms with E-state index in [0.717, 1.165) is 12.8 Å². The normalized spacial score (nSPS) is 12.9. The molecule has 0 aliphatic carbocycles. The summed E-state index contributed by atoms with van der Waals surface area (Å²) < 4.78 is 24.7. The molecule has 5 nitrogen and oxygen atoms in total. The van der Waals surface area contributed by atoms with Gasteiger partial charge in [-0.3, -0.25) is 4.79 Å². The second-order valence-electron chi connectivity index (χ2n) is 4.52. The van der Waals surface area contributed by atoms with Gasteiger partial charge in [-0.25, -0.2) is 8.42 Å². The Morgan fingerprint density at radius 2 is 2.10 bits per heavy atom. The van der Waals surface area contributed by atoms with Gasteiger partial charge in [-0.2, -0.15) is 0 Å². The number of hydrogen-bond acceptors (Lipinski definition) is 4. The highest BCUT2D eigenvalue weighted by molar-refractivity contribution is 7.92. The fourth-order valence-electron chi connectivity index (χ4n) is 1.61. The van der Waals surface area contributed by atoms with Crippen LogP contribution in [0.4, 0.5) is 5.69 Å². The Kier molecular flexibility index (Phi) is 5.83. The zero-order valence-electron chi connectivity index (χ0n) is 11.5. The number of carbonyl (C=O) groups is 1. The molecule has 1 aromatic rings. The summed E-state index contributed by atoms with van der Waals surface area (Å²) in [6, 6.07) is 4.12. The van der Waals surface area contributed by atoms with E-state index in [2.05, 4.69) is 5.32 Å². The van der Waals surface area contributed by atoms with Crippen molar-refractivity contribution in [3.8, 4) is 0 Å². The highest BCUT2D eigenvalue weighted by Gasteiger charge is 2.31. The van der Waals surface area contributed by atoms with Crippen LogP contribution < -0.4 is 11.1 Å². The van der Waals surface area contributed by atoms with Crippen LogP contribution >= 0.6 is 11.6 Å². The minimum absolute atomic E-state index is 0.0261. The molecule has 1 atom stereocenters. The number of unbranched alkanes of at least 4 members (excludes halogenated alkanes) is 1. The molecule has 0 saturated heterocycles. The standard InChI is InChI=1S/C13H19ClN2O3S/c1-3-4-7-16-13(17)9(2)20(18,19)12-6-5-10(15)8-11(12)14/h5-6,8-9H,3-4,7,15H2,1-2H3,(H,16,17). The number of anilines is 1. The van der Waals surface area contributed by atoms with Crippen LogP contribution in [-0.2, 0) is 14.6 Å². The van der Waals surface area contributed by atoms with E-state index in [1.54, 1.807) is 0 Å². The summed E-state index contributed by atoms with van der Waals surface area (Å²) in [6.07, 6.45) is 1.73. The van der Waals surface area contributed by atoms with Crippen LogP contribution in [0.2, 0.25) is 5.02 Å². The van der Waals surface area contributed by atoms with Crippen LogP contribution in [0, 0.1) is 0 Å². The largest absolute Gasteiger partial charge is 0.399 e. The van der Waals surface area contributed by atoms with Gasteiger partial charge in [0.25, 0.3) is 0 Å². The zero-order chi connectivity index (χ0) is 15.3. The number of nitrogen functional groups attached to an aromatic ring is 1. The molecule has 1 unspecified atom stereocenters. The number of nitrogens with one attached hydrogen (secondary N) is 1. The van der Waals surface area contributed by atoms with Gasteiger partial charge in [0.1, 0.15) is 5.25 Å². The summed E-state index contributed by atoms with van der Waals surface area (Å²) in [5.41, 5.74) is 5.90. The van der Waals surface area contributed by atoms with Gasteiger partial charge in [0, 0.05) is 12.2 Å². The molecule has 20 heavy (non-hydrogen) atoms. The van der Waals surface area contributed by atoms with E-state index in [0.29, 0.717) is 12.2 Å². The summed E-state index contributed by atoms with van der Waals surface area (Å²) >= 11 is 5.90. The predicted molar refractivity (Wildman–Crippen MR) is 80.4 cm³/mol. The van der Waals surface area contributed by atoms with Crippen molar-refractivity contribution in [2.24, 2.45) is 0 Å². The molecule has 1 amide bonds. The van der Waals surface area contributed by atoms with Crippen molar-refractivity contribution in [3.63, 3.8) is 0 Å². The predicted octanol–water partition coefficient (Wildman–Crippen LogP) is 2.00. The molecule has 0 aromatic heterocycles. The van der Waals surface area contributed by atoms with Crippen molar-refractivity contribution < 1.29 is 13.2 Å². The average Bonchev–Trinajstić information content (AvgIpc) is 2.37. The van der Waals surface area contributed by atoms with Crippen molar-refractivity contribution in [2.45, 2.75) is 36.8 Å². The summed E-state index contributed by atoms with van der Waals surface area (Å²) in [5.74, 6) is -0.522. The van der Waals surface area contributed by atoms with Gasteiger partial charge in [0.15, 0.2) is 9.84 Å². The molecule has 0 fully saturated rings. The van der Waals surface area contributed by atoms with Crippen LogP contribution in [0.5, 0.6) is 0 Å². The summed E-state index contributed by atoms with van der Waals surface area (Å²) in [6.45, 7) is 3.80. The molecule has 0 spiro atoms. The molecule has 0 heterocycles. The third-order valence-electron chi connectivity index (χ3n) is 2.93. The fraction of sp³-hybridized carbons (Fsp3) is 0.462. The Morgan fingerprint density at radius 3 is 2.65 bits per heavy atom. The van der Waals surface area contributed by atoms with Gasteiger partial charge in [-0.15, -0.1) is 0 Å². The first kappa shape index (κ1) is 16.8. The summed E-state index contributed by atoms with van der Waals surface area (Å²) in [7, 11) is -3.82. The van der Waals surface area contributed by atoms with Gasteiger partial charge >= 0.3 is 0 Å². The smallest absolute Gasteiger partial charge is 0.238 e. The van der Waals surface area contributed by atoms with Gasteiger partial charge in [0.2, 0.25) is 5.91 Å². The molecular weight excluding hydrogens is 300 g/mol. The molecule has 112 valence electrons. The van der Waals surface area contributed by atoms with Gasteiger partial charge in [-0.05, 0) is 31.5 Å². The maximum absolute atomic E-state index is 12.4.